The predicted octanol–water partition coefficient (Wildman–Crippen LogP) is 3.70. The molecule has 0 aliphatic rings. The molecule has 0 saturated heterocycles. The van der Waals surface area contributed by atoms with Gasteiger partial charge in [-0.2, -0.15) is 0 Å². The fraction of sp³-hybridized carbons (Fsp3) is 0.348. The number of aromatic nitrogens is 2. The quantitative estimate of drug-likeness (QED) is 0.583. The molecular weight excluding hydrogens is 364 g/mol. The minimum absolute atomic E-state index is 0.0454. The third-order valence-corrected chi connectivity index (χ3v) is 4.86. The average Bonchev–Trinajstić information content (AvgIpc) is 3.06. The molecule has 3 rings (SSSR count). The molecule has 0 saturated carbocycles. The Bertz CT molecular complexity index is 993. The van der Waals surface area contributed by atoms with E-state index in [2.05, 4.69) is 22.5 Å². The highest BCUT2D eigenvalue weighted by Gasteiger charge is 2.14. The van der Waals surface area contributed by atoms with Crippen LogP contribution in [-0.4, -0.2) is 27.9 Å². The molecule has 2 aromatic carbocycles. The van der Waals surface area contributed by atoms with E-state index in [9.17, 15) is 9.59 Å². The van der Waals surface area contributed by atoms with Gasteiger partial charge in [-0.3, -0.25) is 9.59 Å². The van der Waals surface area contributed by atoms with Gasteiger partial charge in [0.25, 0.3) is 0 Å². The highest BCUT2D eigenvalue weighted by atomic mass is 16.2. The van der Waals surface area contributed by atoms with E-state index >= 15 is 0 Å². The standard InChI is InChI=1S/C23H28N4O2/c1-3-9-22(28)24-15-14-21-25-19-12-7-8-13-20(19)27(21)16-23(29)26-18-11-6-5-10-17(18)4-2/h5-8,10-13H,3-4,9,14-16H2,1-2H3,(H,24,28)(H,26,29). The zero-order chi connectivity index (χ0) is 20.6. The van der Waals surface area contributed by atoms with E-state index in [1.807, 2.05) is 60.0 Å². The number of amides is 2. The smallest absolute Gasteiger partial charge is 0.244 e. The molecule has 0 unspecified atom stereocenters. The van der Waals surface area contributed by atoms with Crippen LogP contribution in [0.3, 0.4) is 0 Å². The lowest BCUT2D eigenvalue weighted by Gasteiger charge is -2.12. The number of benzene rings is 2. The van der Waals surface area contributed by atoms with Crippen LogP contribution in [0.2, 0.25) is 0 Å². The number of para-hydroxylation sites is 3. The fourth-order valence-electron chi connectivity index (χ4n) is 3.41. The molecule has 0 aliphatic heterocycles. The minimum atomic E-state index is -0.0923. The van der Waals surface area contributed by atoms with E-state index in [0.29, 0.717) is 19.4 Å². The summed E-state index contributed by atoms with van der Waals surface area (Å²) in [6.45, 7) is 4.73. The molecule has 6 heteroatoms. The van der Waals surface area contributed by atoms with Crippen molar-refractivity contribution >= 4 is 28.5 Å². The fourth-order valence-corrected chi connectivity index (χ4v) is 3.41. The van der Waals surface area contributed by atoms with Crippen molar-refractivity contribution in [1.29, 1.82) is 0 Å². The Morgan fingerprint density at radius 1 is 1.00 bits per heavy atom. The lowest BCUT2D eigenvalue weighted by atomic mass is 10.1. The number of imidazole rings is 1. The maximum Gasteiger partial charge on any atom is 0.244 e. The molecule has 0 atom stereocenters. The molecule has 29 heavy (non-hydrogen) atoms. The molecule has 152 valence electrons. The second-order valence-electron chi connectivity index (χ2n) is 7.01. The van der Waals surface area contributed by atoms with E-state index in [1.165, 1.54) is 0 Å². The van der Waals surface area contributed by atoms with Crippen LogP contribution in [0.5, 0.6) is 0 Å². The molecule has 1 heterocycles. The first kappa shape index (κ1) is 20.6. The maximum atomic E-state index is 12.8. The molecule has 3 aromatic rings. The monoisotopic (exact) mass is 392 g/mol. The summed E-state index contributed by atoms with van der Waals surface area (Å²) >= 11 is 0. The van der Waals surface area contributed by atoms with Gasteiger partial charge in [0.1, 0.15) is 12.4 Å². The molecule has 0 aliphatic carbocycles. The Morgan fingerprint density at radius 2 is 1.76 bits per heavy atom. The van der Waals surface area contributed by atoms with Crippen molar-refractivity contribution in [1.82, 2.24) is 14.9 Å². The first-order valence-electron chi connectivity index (χ1n) is 10.2. The lowest BCUT2D eigenvalue weighted by Crippen LogP contribution is -2.27. The van der Waals surface area contributed by atoms with Gasteiger partial charge >= 0.3 is 0 Å². The van der Waals surface area contributed by atoms with Crippen LogP contribution in [0.15, 0.2) is 48.5 Å². The van der Waals surface area contributed by atoms with Crippen molar-refractivity contribution in [2.24, 2.45) is 0 Å². The molecular formula is C23H28N4O2. The van der Waals surface area contributed by atoms with Gasteiger partial charge in [-0.05, 0) is 36.6 Å². The highest BCUT2D eigenvalue weighted by molar-refractivity contribution is 5.92. The van der Waals surface area contributed by atoms with Crippen LogP contribution in [-0.2, 0) is 29.0 Å². The van der Waals surface area contributed by atoms with Crippen LogP contribution < -0.4 is 10.6 Å². The summed E-state index contributed by atoms with van der Waals surface area (Å²) in [6.07, 6.45) is 2.77. The number of anilines is 1. The Balaban J connectivity index is 1.76. The normalized spacial score (nSPS) is 10.8. The number of fused-ring (bicyclic) bond motifs is 1. The molecule has 0 bridgehead atoms. The van der Waals surface area contributed by atoms with Gasteiger partial charge in [0.2, 0.25) is 11.8 Å². The van der Waals surface area contributed by atoms with Gasteiger partial charge in [-0.1, -0.05) is 44.2 Å². The second-order valence-corrected chi connectivity index (χ2v) is 7.01. The number of aryl methyl sites for hydroxylation is 1. The number of hydrogen-bond donors (Lipinski definition) is 2. The zero-order valence-corrected chi connectivity index (χ0v) is 17.1. The van der Waals surface area contributed by atoms with Crippen molar-refractivity contribution in [3.8, 4) is 0 Å². The van der Waals surface area contributed by atoms with E-state index in [1.54, 1.807) is 0 Å². The minimum Gasteiger partial charge on any atom is -0.356 e. The predicted molar refractivity (Wildman–Crippen MR) is 116 cm³/mol. The van der Waals surface area contributed by atoms with E-state index in [4.69, 9.17) is 0 Å². The molecule has 0 spiro atoms. The summed E-state index contributed by atoms with van der Waals surface area (Å²) in [7, 11) is 0. The summed E-state index contributed by atoms with van der Waals surface area (Å²) < 4.78 is 1.94. The largest absolute Gasteiger partial charge is 0.356 e. The van der Waals surface area contributed by atoms with Crippen LogP contribution in [0.1, 0.15) is 38.1 Å². The van der Waals surface area contributed by atoms with E-state index in [0.717, 1.165) is 41.0 Å². The molecule has 1 aromatic heterocycles. The Hall–Kier alpha value is -3.15. The first-order valence-corrected chi connectivity index (χ1v) is 10.2. The van der Waals surface area contributed by atoms with Crippen LogP contribution >= 0.6 is 0 Å². The third kappa shape index (κ3) is 5.22. The Labute approximate surface area is 171 Å². The molecule has 6 nitrogen and oxygen atoms in total. The molecule has 2 N–H and O–H groups in total. The van der Waals surface area contributed by atoms with Crippen molar-refractivity contribution in [2.45, 2.75) is 46.1 Å². The highest BCUT2D eigenvalue weighted by Crippen LogP contribution is 2.18. The number of nitrogens with zero attached hydrogens (tertiary/aromatic N) is 2. The van der Waals surface area contributed by atoms with E-state index in [-0.39, 0.29) is 18.4 Å². The van der Waals surface area contributed by atoms with Crippen LogP contribution in [0.25, 0.3) is 11.0 Å². The number of hydrogen-bond acceptors (Lipinski definition) is 3. The van der Waals surface area contributed by atoms with Crippen molar-refractivity contribution < 1.29 is 9.59 Å². The third-order valence-electron chi connectivity index (χ3n) is 4.86. The van der Waals surface area contributed by atoms with Gasteiger partial charge in [-0.25, -0.2) is 4.98 Å². The summed E-state index contributed by atoms with van der Waals surface area (Å²) in [5, 5.41) is 5.94. The number of carbonyl (C=O) groups is 2. The van der Waals surface area contributed by atoms with Crippen molar-refractivity contribution in [3.05, 3.63) is 59.9 Å². The molecule has 0 radical (unpaired) electrons. The van der Waals surface area contributed by atoms with Gasteiger partial charge in [0, 0.05) is 25.1 Å². The van der Waals surface area contributed by atoms with Crippen molar-refractivity contribution in [2.75, 3.05) is 11.9 Å². The van der Waals surface area contributed by atoms with Crippen molar-refractivity contribution in [3.63, 3.8) is 0 Å². The maximum absolute atomic E-state index is 12.8. The summed E-state index contributed by atoms with van der Waals surface area (Å²) in [6, 6.07) is 15.6. The second kappa shape index (κ2) is 9.87. The van der Waals surface area contributed by atoms with Crippen LogP contribution in [0, 0.1) is 0 Å². The molecule has 2 amide bonds. The molecule has 0 fully saturated rings. The van der Waals surface area contributed by atoms with Gasteiger partial charge < -0.3 is 15.2 Å². The van der Waals surface area contributed by atoms with Crippen LogP contribution in [0.4, 0.5) is 5.69 Å². The van der Waals surface area contributed by atoms with Gasteiger partial charge in [0.15, 0.2) is 0 Å². The van der Waals surface area contributed by atoms with Gasteiger partial charge in [0.05, 0.1) is 11.0 Å². The first-order chi connectivity index (χ1) is 14.1. The Kier molecular flexibility index (Phi) is 7.00. The number of carbonyl (C=O) groups excluding carboxylic acids is 2. The summed E-state index contributed by atoms with van der Waals surface area (Å²) in [5.74, 6) is 0.747. The topological polar surface area (TPSA) is 76.0 Å². The summed E-state index contributed by atoms with van der Waals surface area (Å²) in [4.78, 5) is 29.2. The SMILES string of the molecule is CCCC(=O)NCCc1nc2ccccc2n1CC(=O)Nc1ccccc1CC. The van der Waals surface area contributed by atoms with Gasteiger partial charge in [-0.15, -0.1) is 0 Å². The number of rotatable bonds is 9. The number of nitrogens with one attached hydrogen (secondary N) is 2. The zero-order valence-electron chi connectivity index (χ0n) is 17.1. The average molecular weight is 393 g/mol. The Morgan fingerprint density at radius 3 is 2.55 bits per heavy atom. The lowest BCUT2D eigenvalue weighted by molar-refractivity contribution is -0.121. The van der Waals surface area contributed by atoms with E-state index < -0.39 is 0 Å². The summed E-state index contributed by atoms with van der Waals surface area (Å²) in [5.41, 5.74) is 3.72.